The van der Waals surface area contributed by atoms with E-state index in [-0.39, 0.29) is 5.91 Å². The fourth-order valence-corrected chi connectivity index (χ4v) is 1.97. The van der Waals surface area contributed by atoms with Crippen LogP contribution < -0.4 is 11.1 Å². The summed E-state index contributed by atoms with van der Waals surface area (Å²) < 4.78 is 0. The number of amides is 1. The van der Waals surface area contributed by atoms with Gasteiger partial charge in [0.15, 0.2) is 0 Å². The van der Waals surface area contributed by atoms with Crippen molar-refractivity contribution in [1.82, 2.24) is 20.4 Å². The Morgan fingerprint density at radius 3 is 2.94 bits per heavy atom. The van der Waals surface area contributed by atoms with E-state index >= 15 is 0 Å². The number of hydrogen-bond donors (Lipinski definition) is 2. The molecule has 1 heterocycles. The largest absolute Gasteiger partial charge is 0.374 e. The summed E-state index contributed by atoms with van der Waals surface area (Å²) in [5.74, 6) is -0.196. The van der Waals surface area contributed by atoms with Crippen molar-refractivity contribution in [3.05, 3.63) is 5.01 Å². The summed E-state index contributed by atoms with van der Waals surface area (Å²) in [5, 5.41) is 10.7. The molecule has 16 heavy (non-hydrogen) atoms. The van der Waals surface area contributed by atoms with Gasteiger partial charge in [-0.1, -0.05) is 11.3 Å². The first-order chi connectivity index (χ1) is 7.66. The van der Waals surface area contributed by atoms with Gasteiger partial charge in [-0.3, -0.25) is 4.79 Å². The van der Waals surface area contributed by atoms with Crippen LogP contribution in [0.2, 0.25) is 0 Å². The molecule has 7 heteroatoms. The highest BCUT2D eigenvalue weighted by atomic mass is 32.1. The normalized spacial score (nSPS) is 15.4. The van der Waals surface area contributed by atoms with Crippen LogP contribution in [-0.2, 0) is 0 Å². The zero-order chi connectivity index (χ0) is 11.5. The molecule has 1 saturated carbocycles. The van der Waals surface area contributed by atoms with Crippen molar-refractivity contribution in [3.8, 4) is 0 Å². The fraction of sp³-hybridized carbons (Fsp3) is 0.667. The maximum atomic E-state index is 11.5. The maximum Gasteiger partial charge on any atom is 0.282 e. The Kier molecular flexibility index (Phi) is 3.35. The Labute approximate surface area is 97.8 Å². The van der Waals surface area contributed by atoms with Crippen LogP contribution in [0.25, 0.3) is 0 Å². The van der Waals surface area contributed by atoms with Crippen LogP contribution in [0.5, 0.6) is 0 Å². The number of nitrogens with one attached hydrogen (secondary N) is 1. The van der Waals surface area contributed by atoms with Gasteiger partial charge in [-0.15, -0.1) is 10.2 Å². The summed E-state index contributed by atoms with van der Waals surface area (Å²) in [5.41, 5.74) is 5.40. The third kappa shape index (κ3) is 2.89. The average molecular weight is 241 g/mol. The molecule has 0 aliphatic heterocycles. The molecule has 1 aromatic rings. The molecule has 0 saturated heterocycles. The van der Waals surface area contributed by atoms with Crippen molar-refractivity contribution >= 4 is 22.4 Å². The summed E-state index contributed by atoms with van der Waals surface area (Å²) in [6, 6.07) is 0.717. The third-order valence-electron chi connectivity index (χ3n) is 2.56. The molecule has 1 aliphatic carbocycles. The summed E-state index contributed by atoms with van der Waals surface area (Å²) in [6.45, 7) is 1.50. The molecule has 6 nitrogen and oxygen atoms in total. The van der Waals surface area contributed by atoms with Gasteiger partial charge in [0, 0.05) is 19.1 Å². The number of nitrogen functional groups attached to an aromatic ring is 1. The minimum absolute atomic E-state index is 0.196. The number of nitrogens with two attached hydrogens (primary N) is 1. The number of hydrogen-bond acceptors (Lipinski definition) is 6. The molecule has 1 aromatic heterocycles. The molecule has 88 valence electrons. The lowest BCUT2D eigenvalue weighted by atomic mass is 10.5. The van der Waals surface area contributed by atoms with Gasteiger partial charge in [0.1, 0.15) is 0 Å². The molecule has 1 aliphatic rings. The SMILES string of the molecule is CN(CCNC(=O)c1nnc(N)s1)C1CC1. The molecule has 0 atom stereocenters. The lowest BCUT2D eigenvalue weighted by Crippen LogP contribution is -2.33. The second-order valence-corrected chi connectivity index (χ2v) is 4.92. The number of likely N-dealkylation sites (N-methyl/N-ethyl adjacent to an activating group) is 1. The first kappa shape index (κ1) is 11.3. The molecule has 2 rings (SSSR count). The van der Waals surface area contributed by atoms with E-state index in [4.69, 9.17) is 5.73 Å². The lowest BCUT2D eigenvalue weighted by Gasteiger charge is -2.15. The van der Waals surface area contributed by atoms with Gasteiger partial charge in [0.25, 0.3) is 5.91 Å². The average Bonchev–Trinajstić information content (AvgIpc) is 3.01. The van der Waals surface area contributed by atoms with Gasteiger partial charge < -0.3 is 16.0 Å². The number of aromatic nitrogens is 2. The van der Waals surface area contributed by atoms with Gasteiger partial charge in [0.2, 0.25) is 10.1 Å². The van der Waals surface area contributed by atoms with Crippen molar-refractivity contribution in [2.24, 2.45) is 0 Å². The van der Waals surface area contributed by atoms with E-state index in [1.807, 2.05) is 0 Å². The first-order valence-corrected chi connectivity index (χ1v) is 6.06. The van der Waals surface area contributed by atoms with Crippen LogP contribution in [-0.4, -0.2) is 47.2 Å². The van der Waals surface area contributed by atoms with Crippen molar-refractivity contribution in [2.45, 2.75) is 18.9 Å². The Hall–Kier alpha value is -1.21. The van der Waals surface area contributed by atoms with Gasteiger partial charge in [-0.05, 0) is 19.9 Å². The number of anilines is 1. The predicted octanol–water partition coefficient (Wildman–Crippen LogP) is -0.0557. The van der Waals surface area contributed by atoms with Crippen LogP contribution in [0.15, 0.2) is 0 Å². The highest BCUT2D eigenvalue weighted by molar-refractivity contribution is 7.16. The van der Waals surface area contributed by atoms with Crippen LogP contribution >= 0.6 is 11.3 Å². The summed E-state index contributed by atoms with van der Waals surface area (Å²) >= 11 is 1.10. The summed E-state index contributed by atoms with van der Waals surface area (Å²) in [7, 11) is 2.08. The molecule has 1 fully saturated rings. The molecule has 0 aromatic carbocycles. The summed E-state index contributed by atoms with van der Waals surface area (Å²) in [4.78, 5) is 13.8. The minimum Gasteiger partial charge on any atom is -0.374 e. The van der Waals surface area contributed by atoms with E-state index in [1.165, 1.54) is 12.8 Å². The third-order valence-corrected chi connectivity index (χ3v) is 3.31. The molecular weight excluding hydrogens is 226 g/mol. The monoisotopic (exact) mass is 241 g/mol. The predicted molar refractivity (Wildman–Crippen MR) is 62.3 cm³/mol. The Bertz CT molecular complexity index is 376. The topological polar surface area (TPSA) is 84.1 Å². The lowest BCUT2D eigenvalue weighted by molar-refractivity contribution is 0.0948. The Morgan fingerprint density at radius 2 is 2.38 bits per heavy atom. The molecular formula is C9H15N5OS. The zero-order valence-electron chi connectivity index (χ0n) is 9.14. The van der Waals surface area contributed by atoms with Crippen LogP contribution in [0, 0.1) is 0 Å². The van der Waals surface area contributed by atoms with E-state index < -0.39 is 0 Å². The highest BCUT2D eigenvalue weighted by Crippen LogP contribution is 2.24. The second kappa shape index (κ2) is 4.75. The van der Waals surface area contributed by atoms with Crippen molar-refractivity contribution in [2.75, 3.05) is 25.9 Å². The molecule has 1 amide bonds. The smallest absolute Gasteiger partial charge is 0.282 e. The zero-order valence-corrected chi connectivity index (χ0v) is 9.96. The van der Waals surface area contributed by atoms with E-state index in [0.717, 1.165) is 17.9 Å². The molecule has 0 radical (unpaired) electrons. The van der Waals surface area contributed by atoms with E-state index in [1.54, 1.807) is 0 Å². The Balaban J connectivity index is 1.71. The van der Waals surface area contributed by atoms with Crippen molar-refractivity contribution < 1.29 is 4.79 Å². The van der Waals surface area contributed by atoms with Crippen molar-refractivity contribution in [1.29, 1.82) is 0 Å². The number of carbonyl (C=O) groups is 1. The van der Waals surface area contributed by atoms with E-state index in [0.29, 0.717) is 22.7 Å². The first-order valence-electron chi connectivity index (χ1n) is 5.24. The molecule has 0 unspecified atom stereocenters. The maximum absolute atomic E-state index is 11.5. The number of nitrogens with zero attached hydrogens (tertiary/aromatic N) is 3. The summed E-state index contributed by atoms with van der Waals surface area (Å²) in [6.07, 6.45) is 2.55. The van der Waals surface area contributed by atoms with Crippen LogP contribution in [0.1, 0.15) is 22.6 Å². The molecule has 0 spiro atoms. The van der Waals surface area contributed by atoms with Gasteiger partial charge in [-0.2, -0.15) is 0 Å². The van der Waals surface area contributed by atoms with Gasteiger partial charge in [-0.25, -0.2) is 0 Å². The fourth-order valence-electron chi connectivity index (χ4n) is 1.45. The number of rotatable bonds is 5. The number of carbonyl (C=O) groups excluding carboxylic acids is 1. The van der Waals surface area contributed by atoms with Crippen molar-refractivity contribution in [3.63, 3.8) is 0 Å². The quantitative estimate of drug-likeness (QED) is 0.754. The minimum atomic E-state index is -0.196. The molecule has 3 N–H and O–H groups in total. The second-order valence-electron chi connectivity index (χ2n) is 3.91. The van der Waals surface area contributed by atoms with Gasteiger partial charge >= 0.3 is 0 Å². The van der Waals surface area contributed by atoms with Crippen LogP contribution in [0.4, 0.5) is 5.13 Å². The standard InChI is InChI=1S/C9H15N5OS/c1-14(6-2-3-6)5-4-11-7(15)8-12-13-9(10)16-8/h6H,2-5H2,1H3,(H2,10,13)(H,11,15). The van der Waals surface area contributed by atoms with E-state index in [9.17, 15) is 4.79 Å². The highest BCUT2D eigenvalue weighted by Gasteiger charge is 2.25. The van der Waals surface area contributed by atoms with Gasteiger partial charge in [0.05, 0.1) is 0 Å². The van der Waals surface area contributed by atoms with E-state index in [2.05, 4.69) is 27.5 Å². The van der Waals surface area contributed by atoms with Crippen LogP contribution in [0.3, 0.4) is 0 Å². The Morgan fingerprint density at radius 1 is 1.62 bits per heavy atom. The molecule has 0 bridgehead atoms.